The number of benzene rings is 2. The fraction of sp³-hybridized carbons (Fsp3) is 0.111. The molecule has 0 radical (unpaired) electrons. The third-order valence-corrected chi connectivity index (χ3v) is 3.45. The average molecular weight is 328 g/mol. The largest absolute Gasteiger partial charge is 0.441 e. The molecule has 0 aliphatic heterocycles. The maximum absolute atomic E-state index is 13.6. The molecule has 2 aromatic carbocycles. The Morgan fingerprint density at radius 3 is 2.62 bits per heavy atom. The molecular weight excluding hydrogens is 314 g/mol. The van der Waals surface area contributed by atoms with E-state index in [-0.39, 0.29) is 12.1 Å². The van der Waals surface area contributed by atoms with Crippen LogP contribution in [0.3, 0.4) is 0 Å². The molecular formula is C18H14F2N2O2. The van der Waals surface area contributed by atoms with Crippen LogP contribution in [0.1, 0.15) is 11.5 Å². The van der Waals surface area contributed by atoms with E-state index in [1.165, 1.54) is 6.07 Å². The number of carbonyl (C=O) groups excluding carboxylic acids is 1. The summed E-state index contributed by atoms with van der Waals surface area (Å²) < 4.78 is 32.0. The number of halogens is 2. The first kappa shape index (κ1) is 15.9. The molecule has 4 nitrogen and oxygen atoms in total. The zero-order valence-electron chi connectivity index (χ0n) is 12.8. The number of hydrogen-bond acceptors (Lipinski definition) is 3. The van der Waals surface area contributed by atoms with Crippen molar-refractivity contribution in [3.05, 3.63) is 71.6 Å². The van der Waals surface area contributed by atoms with Gasteiger partial charge in [-0.05, 0) is 31.2 Å². The second kappa shape index (κ2) is 6.62. The number of carbonyl (C=O) groups is 1. The minimum absolute atomic E-state index is 0.0705. The van der Waals surface area contributed by atoms with Gasteiger partial charge in [0.15, 0.2) is 0 Å². The Hall–Kier alpha value is -3.02. The van der Waals surface area contributed by atoms with Crippen molar-refractivity contribution in [2.75, 3.05) is 5.32 Å². The van der Waals surface area contributed by atoms with Crippen molar-refractivity contribution in [1.82, 2.24) is 4.98 Å². The Morgan fingerprint density at radius 2 is 1.92 bits per heavy atom. The molecule has 1 amide bonds. The van der Waals surface area contributed by atoms with E-state index in [2.05, 4.69) is 10.3 Å². The van der Waals surface area contributed by atoms with Crippen LogP contribution in [0.5, 0.6) is 0 Å². The van der Waals surface area contributed by atoms with E-state index in [0.29, 0.717) is 23.4 Å². The zero-order valence-corrected chi connectivity index (χ0v) is 12.8. The second-order valence-electron chi connectivity index (χ2n) is 5.24. The van der Waals surface area contributed by atoms with Gasteiger partial charge in [0, 0.05) is 11.6 Å². The van der Waals surface area contributed by atoms with Crippen molar-refractivity contribution in [1.29, 1.82) is 0 Å². The minimum atomic E-state index is -0.829. The summed E-state index contributed by atoms with van der Waals surface area (Å²) in [7, 11) is 0. The van der Waals surface area contributed by atoms with Gasteiger partial charge in [0.1, 0.15) is 17.4 Å². The number of nitrogens with zero attached hydrogens (tertiary/aromatic N) is 1. The lowest BCUT2D eigenvalue weighted by molar-refractivity contribution is -0.115. The Labute approximate surface area is 137 Å². The molecule has 0 aliphatic rings. The van der Waals surface area contributed by atoms with Crippen molar-refractivity contribution in [3.63, 3.8) is 0 Å². The molecule has 1 heterocycles. The summed E-state index contributed by atoms with van der Waals surface area (Å²) >= 11 is 0. The van der Waals surface area contributed by atoms with Crippen LogP contribution in [0, 0.1) is 18.6 Å². The van der Waals surface area contributed by atoms with Gasteiger partial charge in [-0.2, -0.15) is 0 Å². The van der Waals surface area contributed by atoms with Crippen LogP contribution in [0.2, 0.25) is 0 Å². The van der Waals surface area contributed by atoms with E-state index in [1.54, 1.807) is 6.92 Å². The van der Waals surface area contributed by atoms with Gasteiger partial charge in [0.05, 0.1) is 17.8 Å². The molecule has 0 spiro atoms. The third-order valence-electron chi connectivity index (χ3n) is 3.45. The van der Waals surface area contributed by atoms with Crippen LogP contribution >= 0.6 is 0 Å². The van der Waals surface area contributed by atoms with Gasteiger partial charge in [-0.3, -0.25) is 4.79 Å². The van der Waals surface area contributed by atoms with Crippen LogP contribution in [0.25, 0.3) is 11.5 Å². The number of rotatable bonds is 4. The van der Waals surface area contributed by atoms with Gasteiger partial charge in [0.25, 0.3) is 0 Å². The van der Waals surface area contributed by atoms with Gasteiger partial charge >= 0.3 is 0 Å². The summed E-state index contributed by atoms with van der Waals surface area (Å²) in [6, 6.07) is 12.3. The number of nitrogens with one attached hydrogen (secondary N) is 1. The predicted molar refractivity (Wildman–Crippen MR) is 85.4 cm³/mol. The van der Waals surface area contributed by atoms with Crippen molar-refractivity contribution in [2.45, 2.75) is 13.3 Å². The maximum Gasteiger partial charge on any atom is 0.230 e. The first-order chi connectivity index (χ1) is 11.5. The van der Waals surface area contributed by atoms with E-state index in [1.807, 2.05) is 30.3 Å². The van der Waals surface area contributed by atoms with Gasteiger partial charge in [0.2, 0.25) is 11.8 Å². The van der Waals surface area contributed by atoms with Gasteiger partial charge in [-0.25, -0.2) is 13.8 Å². The Bertz CT molecular complexity index is 876. The van der Waals surface area contributed by atoms with Gasteiger partial charge in [-0.1, -0.05) is 18.2 Å². The molecule has 24 heavy (non-hydrogen) atoms. The minimum Gasteiger partial charge on any atom is -0.441 e. The van der Waals surface area contributed by atoms with E-state index >= 15 is 0 Å². The summed E-state index contributed by atoms with van der Waals surface area (Å²) in [5.41, 5.74) is 1.19. The quantitative estimate of drug-likeness (QED) is 0.784. The highest BCUT2D eigenvalue weighted by atomic mass is 19.1. The van der Waals surface area contributed by atoms with Gasteiger partial charge in [-0.15, -0.1) is 0 Å². The molecule has 122 valence electrons. The molecule has 1 aromatic heterocycles. The predicted octanol–water partition coefficient (Wildman–Crippen LogP) is 4.11. The van der Waals surface area contributed by atoms with Crippen LogP contribution in [-0.4, -0.2) is 10.9 Å². The van der Waals surface area contributed by atoms with Crippen molar-refractivity contribution in [2.24, 2.45) is 0 Å². The van der Waals surface area contributed by atoms with E-state index < -0.39 is 17.5 Å². The first-order valence-corrected chi connectivity index (χ1v) is 7.29. The van der Waals surface area contributed by atoms with Crippen LogP contribution in [0.15, 0.2) is 52.9 Å². The van der Waals surface area contributed by atoms with Crippen LogP contribution in [-0.2, 0) is 11.2 Å². The monoisotopic (exact) mass is 328 g/mol. The normalized spacial score (nSPS) is 10.6. The number of amides is 1. The number of anilines is 1. The molecule has 0 bridgehead atoms. The van der Waals surface area contributed by atoms with Crippen LogP contribution < -0.4 is 5.32 Å². The number of aromatic nitrogens is 1. The summed E-state index contributed by atoms with van der Waals surface area (Å²) in [5, 5.41) is 2.40. The highest BCUT2D eigenvalue weighted by molar-refractivity contribution is 5.92. The molecule has 3 aromatic rings. The lowest BCUT2D eigenvalue weighted by atomic mass is 10.2. The van der Waals surface area contributed by atoms with Crippen molar-refractivity contribution < 1.29 is 18.0 Å². The summed E-state index contributed by atoms with van der Waals surface area (Å²) in [6.07, 6.45) is -0.0705. The molecule has 0 unspecified atom stereocenters. The fourth-order valence-corrected chi connectivity index (χ4v) is 2.23. The van der Waals surface area contributed by atoms with E-state index in [9.17, 15) is 13.6 Å². The number of oxazole rings is 1. The lowest BCUT2D eigenvalue weighted by Gasteiger charge is -2.05. The molecule has 3 rings (SSSR count). The molecule has 0 saturated carbocycles. The SMILES string of the molecule is Cc1oc(-c2ccccc2)nc1CC(=O)Nc1ccc(F)cc1F. The lowest BCUT2D eigenvalue weighted by Crippen LogP contribution is -2.16. The number of hydrogen-bond donors (Lipinski definition) is 1. The smallest absolute Gasteiger partial charge is 0.230 e. The molecule has 0 aliphatic carbocycles. The molecule has 0 atom stereocenters. The second-order valence-corrected chi connectivity index (χ2v) is 5.24. The highest BCUT2D eigenvalue weighted by Gasteiger charge is 2.15. The molecule has 0 fully saturated rings. The Balaban J connectivity index is 1.74. The fourth-order valence-electron chi connectivity index (χ4n) is 2.23. The van der Waals surface area contributed by atoms with Crippen molar-refractivity contribution >= 4 is 11.6 Å². The van der Waals surface area contributed by atoms with Crippen LogP contribution in [0.4, 0.5) is 14.5 Å². The topological polar surface area (TPSA) is 55.1 Å². The Morgan fingerprint density at radius 1 is 1.17 bits per heavy atom. The highest BCUT2D eigenvalue weighted by Crippen LogP contribution is 2.22. The summed E-state index contributed by atoms with van der Waals surface area (Å²) in [6.45, 7) is 1.71. The standard InChI is InChI=1S/C18H14F2N2O2/c1-11-16(22-18(24-11)12-5-3-2-4-6-12)10-17(23)21-15-8-7-13(19)9-14(15)20/h2-9H,10H2,1H3,(H,21,23). The number of aryl methyl sites for hydroxylation is 1. The van der Waals surface area contributed by atoms with E-state index in [0.717, 1.165) is 11.6 Å². The Kier molecular flexibility index (Phi) is 4.37. The summed E-state index contributed by atoms with van der Waals surface area (Å²) in [4.78, 5) is 16.4. The molecule has 1 N–H and O–H groups in total. The molecule has 6 heteroatoms. The maximum atomic E-state index is 13.6. The first-order valence-electron chi connectivity index (χ1n) is 7.29. The van der Waals surface area contributed by atoms with Gasteiger partial charge < -0.3 is 9.73 Å². The van der Waals surface area contributed by atoms with Crippen molar-refractivity contribution in [3.8, 4) is 11.5 Å². The van der Waals surface area contributed by atoms with E-state index in [4.69, 9.17) is 4.42 Å². The zero-order chi connectivity index (χ0) is 17.1. The third kappa shape index (κ3) is 3.48. The molecule has 0 saturated heterocycles. The average Bonchev–Trinajstić information content (AvgIpc) is 2.92. The summed E-state index contributed by atoms with van der Waals surface area (Å²) in [5.74, 6) is -1.06.